The summed E-state index contributed by atoms with van der Waals surface area (Å²) in [6.45, 7) is 17.3. The maximum atomic E-state index is 13.1. The van der Waals surface area contributed by atoms with Crippen LogP contribution in [0.25, 0.3) is 16.9 Å². The Morgan fingerprint density at radius 3 is 2.15 bits per heavy atom. The number of hydrogen-bond donors (Lipinski definition) is 1. The monoisotopic (exact) mass is 563 g/mol. The molecule has 214 valence electrons. The highest BCUT2D eigenvalue weighted by Gasteiger charge is 2.28. The van der Waals surface area contributed by atoms with E-state index in [4.69, 9.17) is 13.9 Å². The largest absolute Gasteiger partial charge is 0.493 e. The molecule has 4 aromatic rings. The number of imidazole rings is 1. The molecule has 0 spiro atoms. The Morgan fingerprint density at radius 1 is 0.875 bits per heavy atom. The third-order valence-electron chi connectivity index (χ3n) is 6.60. The topological polar surface area (TPSA) is 81.9 Å². The minimum Gasteiger partial charge on any atom is -0.493 e. The molecule has 1 N–H and O–H groups in total. The molecule has 0 aliphatic heterocycles. The van der Waals surface area contributed by atoms with Gasteiger partial charge in [0.1, 0.15) is 22.1 Å². The van der Waals surface area contributed by atoms with Gasteiger partial charge in [0, 0.05) is 17.3 Å². The van der Waals surface area contributed by atoms with E-state index < -0.39 is 10.1 Å². The van der Waals surface area contributed by atoms with Gasteiger partial charge in [0.2, 0.25) is 0 Å². The number of ether oxygens (including phenoxy) is 1. The Morgan fingerprint density at radius 2 is 1.55 bits per heavy atom. The summed E-state index contributed by atoms with van der Waals surface area (Å²) in [5.41, 5.74) is 3.16. The molecule has 2 aromatic heterocycles. The van der Waals surface area contributed by atoms with E-state index in [0.29, 0.717) is 5.75 Å². The quantitative estimate of drug-likeness (QED) is 0.221. The molecule has 0 atom stereocenters. The summed E-state index contributed by atoms with van der Waals surface area (Å²) in [7, 11) is -2.58. The summed E-state index contributed by atoms with van der Waals surface area (Å²) in [6.07, 6.45) is 2.91. The number of methoxy groups -OCH3 is 1. The van der Waals surface area contributed by atoms with E-state index in [-0.39, 0.29) is 27.0 Å². The van der Waals surface area contributed by atoms with Crippen LogP contribution in [0.4, 0.5) is 5.82 Å². The highest BCUT2D eigenvalue weighted by atomic mass is 32.2. The second-order valence-corrected chi connectivity index (χ2v) is 14.7. The normalized spacial score (nSPS) is 12.9. The minimum absolute atomic E-state index is 0.0829. The van der Waals surface area contributed by atoms with E-state index in [2.05, 4.69) is 60.7 Å². The fraction of sp³-hybridized carbons (Fsp3) is 0.406. The SMILES string of the molecule is COc1cc(-c2nc3ccccn3c2NC(C)(C)CC(C)(C)C)ccc1OS(=O)(=O)c1ccc(C(C)(C)C)cc1. The van der Waals surface area contributed by atoms with Crippen LogP contribution < -0.4 is 14.2 Å². The van der Waals surface area contributed by atoms with Crippen molar-refractivity contribution in [1.82, 2.24) is 9.38 Å². The predicted molar refractivity (Wildman–Crippen MR) is 162 cm³/mol. The molecule has 0 aliphatic rings. The summed E-state index contributed by atoms with van der Waals surface area (Å²) in [5, 5.41) is 3.72. The molecule has 0 unspecified atom stereocenters. The smallest absolute Gasteiger partial charge is 0.339 e. The second kappa shape index (κ2) is 10.5. The number of fused-ring (bicyclic) bond motifs is 1. The molecule has 7 nitrogen and oxygen atoms in total. The van der Waals surface area contributed by atoms with Crippen LogP contribution in [0.2, 0.25) is 0 Å². The van der Waals surface area contributed by atoms with Crippen molar-refractivity contribution in [3.63, 3.8) is 0 Å². The number of rotatable bonds is 8. The maximum absolute atomic E-state index is 13.1. The van der Waals surface area contributed by atoms with Crippen LogP contribution in [-0.4, -0.2) is 30.5 Å². The summed E-state index contributed by atoms with van der Waals surface area (Å²) in [6, 6.07) is 17.8. The number of anilines is 1. The number of benzene rings is 2. The molecule has 40 heavy (non-hydrogen) atoms. The van der Waals surface area contributed by atoms with Crippen molar-refractivity contribution < 1.29 is 17.3 Å². The highest BCUT2D eigenvalue weighted by molar-refractivity contribution is 7.87. The molecule has 8 heteroatoms. The van der Waals surface area contributed by atoms with Crippen LogP contribution in [0.3, 0.4) is 0 Å². The molecule has 0 bridgehead atoms. The first kappa shape index (κ1) is 29.5. The third kappa shape index (κ3) is 6.61. The van der Waals surface area contributed by atoms with Crippen molar-refractivity contribution >= 4 is 21.6 Å². The molecular formula is C32H41N3O4S. The van der Waals surface area contributed by atoms with E-state index in [1.807, 2.05) is 40.9 Å². The van der Waals surface area contributed by atoms with Gasteiger partial charge in [-0.05, 0) is 79.1 Å². The van der Waals surface area contributed by atoms with Gasteiger partial charge in [-0.25, -0.2) is 4.98 Å². The van der Waals surface area contributed by atoms with Gasteiger partial charge in [-0.1, -0.05) is 59.7 Å². The van der Waals surface area contributed by atoms with Crippen molar-refractivity contribution in [2.45, 2.75) is 77.7 Å². The standard InChI is InChI=1S/C32H41N3O4S/c1-30(2,3)21-32(7,8)34-29-28(33-27-12-10-11-19-35(27)29)22-13-18-25(26(20-22)38-9)39-40(36,37)24-16-14-23(15-17-24)31(4,5)6/h10-20,34H,21H2,1-9H3. The average molecular weight is 564 g/mol. The van der Waals surface area contributed by atoms with E-state index in [9.17, 15) is 8.42 Å². The Kier molecular flexibility index (Phi) is 7.71. The first-order valence-corrected chi connectivity index (χ1v) is 14.9. The Balaban J connectivity index is 1.71. The van der Waals surface area contributed by atoms with Crippen molar-refractivity contribution in [3.05, 3.63) is 72.4 Å². The van der Waals surface area contributed by atoms with Gasteiger partial charge in [0.25, 0.3) is 0 Å². The Bertz CT molecular complexity index is 1610. The number of pyridine rings is 1. The van der Waals surface area contributed by atoms with Crippen molar-refractivity contribution in [1.29, 1.82) is 0 Å². The molecule has 0 radical (unpaired) electrons. The third-order valence-corrected chi connectivity index (χ3v) is 7.85. The van der Waals surface area contributed by atoms with Crippen molar-refractivity contribution in [2.24, 2.45) is 5.41 Å². The minimum atomic E-state index is -4.07. The van der Waals surface area contributed by atoms with Crippen LogP contribution in [0.5, 0.6) is 11.5 Å². The van der Waals surface area contributed by atoms with Crippen molar-refractivity contribution in [3.8, 4) is 22.8 Å². The number of nitrogens with zero attached hydrogens (tertiary/aromatic N) is 2. The second-order valence-electron chi connectivity index (χ2n) is 13.2. The van der Waals surface area contributed by atoms with E-state index in [1.54, 1.807) is 30.3 Å². The van der Waals surface area contributed by atoms with Crippen molar-refractivity contribution in [2.75, 3.05) is 12.4 Å². The van der Waals surface area contributed by atoms with Gasteiger partial charge in [-0.15, -0.1) is 0 Å². The number of hydrogen-bond acceptors (Lipinski definition) is 6. The first-order valence-electron chi connectivity index (χ1n) is 13.5. The van der Waals surface area contributed by atoms with Crippen LogP contribution in [0.1, 0.15) is 67.4 Å². The lowest BCUT2D eigenvalue weighted by Crippen LogP contribution is -2.36. The van der Waals surface area contributed by atoms with Gasteiger partial charge >= 0.3 is 10.1 Å². The summed E-state index contributed by atoms with van der Waals surface area (Å²) < 4.78 is 39.4. The van der Waals surface area contributed by atoms with Gasteiger partial charge < -0.3 is 14.2 Å². The Labute approximate surface area is 238 Å². The highest BCUT2D eigenvalue weighted by Crippen LogP contribution is 2.39. The molecular weight excluding hydrogens is 522 g/mol. The lowest BCUT2D eigenvalue weighted by atomic mass is 9.82. The molecule has 0 saturated carbocycles. The average Bonchev–Trinajstić information content (AvgIpc) is 3.20. The van der Waals surface area contributed by atoms with Crippen LogP contribution >= 0.6 is 0 Å². The molecule has 4 rings (SSSR count). The molecule has 2 aromatic carbocycles. The summed E-state index contributed by atoms with van der Waals surface area (Å²) >= 11 is 0. The maximum Gasteiger partial charge on any atom is 0.339 e. The fourth-order valence-corrected chi connectivity index (χ4v) is 6.12. The first-order chi connectivity index (χ1) is 18.5. The lowest BCUT2D eigenvalue weighted by Gasteiger charge is -2.34. The zero-order valence-corrected chi connectivity index (χ0v) is 25.8. The molecule has 0 fully saturated rings. The van der Waals surface area contributed by atoms with E-state index in [0.717, 1.165) is 34.7 Å². The summed E-state index contributed by atoms with van der Waals surface area (Å²) in [4.78, 5) is 4.99. The lowest BCUT2D eigenvalue weighted by molar-refractivity contribution is 0.302. The van der Waals surface area contributed by atoms with E-state index >= 15 is 0 Å². The fourth-order valence-electron chi connectivity index (χ4n) is 5.18. The Hall–Kier alpha value is -3.52. The van der Waals surface area contributed by atoms with Gasteiger partial charge in [0.05, 0.1) is 7.11 Å². The van der Waals surface area contributed by atoms with Crippen LogP contribution in [0, 0.1) is 5.41 Å². The predicted octanol–water partition coefficient (Wildman–Crippen LogP) is 7.70. The zero-order valence-electron chi connectivity index (χ0n) is 25.0. The van der Waals surface area contributed by atoms with Crippen LogP contribution in [-0.2, 0) is 15.5 Å². The van der Waals surface area contributed by atoms with Crippen LogP contribution in [0.15, 0.2) is 71.8 Å². The van der Waals surface area contributed by atoms with Gasteiger partial charge in [-0.3, -0.25) is 4.40 Å². The molecule has 0 amide bonds. The molecule has 0 saturated heterocycles. The molecule has 2 heterocycles. The molecule has 0 aliphatic carbocycles. The summed E-state index contributed by atoms with van der Waals surface area (Å²) in [5.74, 6) is 1.26. The van der Waals surface area contributed by atoms with E-state index in [1.165, 1.54) is 7.11 Å². The van der Waals surface area contributed by atoms with Gasteiger partial charge in [0.15, 0.2) is 11.5 Å². The van der Waals surface area contributed by atoms with Gasteiger partial charge in [-0.2, -0.15) is 8.42 Å². The zero-order chi connectivity index (χ0) is 29.5. The number of aromatic nitrogens is 2. The number of nitrogens with one attached hydrogen (secondary N) is 1.